The van der Waals surface area contributed by atoms with Crippen LogP contribution >= 0.6 is 0 Å². The molecule has 0 fully saturated rings. The van der Waals surface area contributed by atoms with Gasteiger partial charge in [-0.1, -0.05) is 25.1 Å². The summed E-state index contributed by atoms with van der Waals surface area (Å²) in [6, 6.07) is 11.7. The molecule has 2 aromatic carbocycles. The van der Waals surface area contributed by atoms with Gasteiger partial charge in [-0.2, -0.15) is 5.10 Å². The molecule has 0 unspecified atom stereocenters. The zero-order valence-corrected chi connectivity index (χ0v) is 13.1. The maximum absolute atomic E-state index is 13.1. The molecule has 0 amide bonds. The topological polar surface area (TPSA) is 50.4 Å². The van der Waals surface area contributed by atoms with Crippen LogP contribution in [0.5, 0.6) is 0 Å². The van der Waals surface area contributed by atoms with E-state index in [0.29, 0.717) is 17.2 Å². The Balaban J connectivity index is 2.00. The van der Waals surface area contributed by atoms with Crippen molar-refractivity contribution in [2.45, 2.75) is 20.4 Å². The number of benzene rings is 2. The van der Waals surface area contributed by atoms with Gasteiger partial charge in [-0.25, -0.2) is 4.39 Å². The van der Waals surface area contributed by atoms with Crippen LogP contribution in [0.15, 0.2) is 53.8 Å². The van der Waals surface area contributed by atoms with Gasteiger partial charge in [0.05, 0.1) is 11.7 Å². The van der Waals surface area contributed by atoms with Gasteiger partial charge >= 0.3 is 0 Å². The van der Waals surface area contributed by atoms with E-state index in [2.05, 4.69) is 24.1 Å². The van der Waals surface area contributed by atoms with Crippen LogP contribution in [0.3, 0.4) is 0 Å². The smallest absolute Gasteiger partial charge is 0.123 e. The number of nitrogens with zero attached hydrogens (tertiary/aromatic N) is 3. The first-order valence-electron chi connectivity index (χ1n) is 7.52. The van der Waals surface area contributed by atoms with Crippen LogP contribution < -0.4 is 0 Å². The molecule has 1 aromatic heterocycles. The molecule has 23 heavy (non-hydrogen) atoms. The second-order valence-corrected chi connectivity index (χ2v) is 5.95. The zero-order valence-electron chi connectivity index (χ0n) is 13.1. The molecule has 3 rings (SSSR count). The Bertz CT molecular complexity index is 850. The molecule has 0 aliphatic heterocycles. The average Bonchev–Trinajstić information content (AvgIpc) is 2.92. The van der Waals surface area contributed by atoms with Crippen LogP contribution in [0.1, 0.15) is 25.0 Å². The molecule has 0 bridgehead atoms. The van der Waals surface area contributed by atoms with Gasteiger partial charge in [0, 0.05) is 23.1 Å². The van der Waals surface area contributed by atoms with Crippen molar-refractivity contribution in [1.29, 1.82) is 0 Å². The Morgan fingerprint density at radius 1 is 1.17 bits per heavy atom. The minimum absolute atomic E-state index is 0.323. The molecule has 3 aromatic rings. The van der Waals surface area contributed by atoms with E-state index in [1.807, 2.05) is 22.9 Å². The average molecular weight is 311 g/mol. The van der Waals surface area contributed by atoms with Crippen molar-refractivity contribution in [3.05, 3.63) is 65.6 Å². The van der Waals surface area contributed by atoms with E-state index in [1.165, 1.54) is 12.1 Å². The van der Waals surface area contributed by atoms with Gasteiger partial charge in [-0.05, 0) is 42.3 Å². The summed E-state index contributed by atoms with van der Waals surface area (Å²) in [5, 5.41) is 18.1. The molecular formula is C18H18FN3O. The SMILES string of the molecule is CC(C)Cn1ncc2cc(C(=NO)c3ccc(F)cc3)ccc21. The quantitative estimate of drug-likeness (QED) is 0.449. The predicted molar refractivity (Wildman–Crippen MR) is 88.4 cm³/mol. The van der Waals surface area contributed by atoms with E-state index in [9.17, 15) is 9.60 Å². The molecule has 4 nitrogen and oxygen atoms in total. The standard InChI is InChI=1S/C18H18FN3O/c1-12(2)11-22-17-8-5-14(9-15(17)10-20-22)18(21-23)13-3-6-16(19)7-4-13/h3-10,12,23H,11H2,1-2H3. The van der Waals surface area contributed by atoms with Crippen molar-refractivity contribution in [2.75, 3.05) is 0 Å². The van der Waals surface area contributed by atoms with Crippen molar-refractivity contribution in [1.82, 2.24) is 9.78 Å². The summed E-state index contributed by atoms with van der Waals surface area (Å²) >= 11 is 0. The Hall–Kier alpha value is -2.69. The molecule has 118 valence electrons. The highest BCUT2D eigenvalue weighted by Crippen LogP contribution is 2.20. The van der Waals surface area contributed by atoms with Crippen LogP contribution in [0.2, 0.25) is 0 Å². The van der Waals surface area contributed by atoms with Crippen molar-refractivity contribution < 1.29 is 9.60 Å². The Kier molecular flexibility index (Phi) is 4.10. The first kappa shape index (κ1) is 15.2. The molecule has 1 heterocycles. The Morgan fingerprint density at radius 2 is 1.87 bits per heavy atom. The lowest BCUT2D eigenvalue weighted by Gasteiger charge is -2.08. The highest BCUT2D eigenvalue weighted by molar-refractivity contribution is 6.13. The number of hydrogen-bond donors (Lipinski definition) is 1. The molecule has 0 radical (unpaired) electrons. The Morgan fingerprint density at radius 3 is 2.52 bits per heavy atom. The van der Waals surface area contributed by atoms with Crippen LogP contribution in [-0.4, -0.2) is 20.7 Å². The van der Waals surface area contributed by atoms with Crippen LogP contribution in [0.4, 0.5) is 4.39 Å². The highest BCUT2D eigenvalue weighted by atomic mass is 19.1. The van der Waals surface area contributed by atoms with Crippen molar-refractivity contribution in [3.8, 4) is 0 Å². The summed E-state index contributed by atoms with van der Waals surface area (Å²) in [6.45, 7) is 5.14. The number of oxime groups is 1. The van der Waals surface area contributed by atoms with Crippen molar-refractivity contribution in [2.24, 2.45) is 11.1 Å². The van der Waals surface area contributed by atoms with E-state index in [0.717, 1.165) is 23.0 Å². The summed E-state index contributed by atoms with van der Waals surface area (Å²) in [5.74, 6) is 0.183. The predicted octanol–water partition coefficient (Wildman–Crippen LogP) is 4.06. The maximum atomic E-state index is 13.1. The molecule has 1 N–H and O–H groups in total. The van der Waals surface area contributed by atoms with Gasteiger partial charge in [0.15, 0.2) is 0 Å². The largest absolute Gasteiger partial charge is 0.410 e. The maximum Gasteiger partial charge on any atom is 0.123 e. The van der Waals surface area contributed by atoms with Crippen molar-refractivity contribution >= 4 is 16.6 Å². The Labute approximate surface area is 133 Å². The first-order valence-corrected chi connectivity index (χ1v) is 7.52. The van der Waals surface area contributed by atoms with Gasteiger partial charge in [-0.3, -0.25) is 4.68 Å². The summed E-state index contributed by atoms with van der Waals surface area (Å²) in [4.78, 5) is 0. The summed E-state index contributed by atoms with van der Waals surface area (Å²) in [5.41, 5.74) is 2.86. The van der Waals surface area contributed by atoms with Gasteiger partial charge in [0.2, 0.25) is 0 Å². The lowest BCUT2D eigenvalue weighted by Crippen LogP contribution is -2.06. The van der Waals surface area contributed by atoms with E-state index >= 15 is 0 Å². The molecule has 0 spiro atoms. The second-order valence-electron chi connectivity index (χ2n) is 5.95. The lowest BCUT2D eigenvalue weighted by atomic mass is 10.0. The first-order chi connectivity index (χ1) is 11.1. The lowest BCUT2D eigenvalue weighted by molar-refractivity contribution is 0.319. The monoisotopic (exact) mass is 311 g/mol. The fourth-order valence-corrected chi connectivity index (χ4v) is 2.62. The molecule has 0 saturated carbocycles. The minimum atomic E-state index is -0.323. The minimum Gasteiger partial charge on any atom is -0.410 e. The molecule has 0 aliphatic carbocycles. The van der Waals surface area contributed by atoms with Crippen LogP contribution in [0.25, 0.3) is 10.9 Å². The van der Waals surface area contributed by atoms with E-state index < -0.39 is 0 Å². The van der Waals surface area contributed by atoms with Crippen LogP contribution in [0, 0.1) is 11.7 Å². The third kappa shape index (κ3) is 3.08. The van der Waals surface area contributed by atoms with E-state index in [-0.39, 0.29) is 5.82 Å². The molecule has 0 atom stereocenters. The van der Waals surface area contributed by atoms with Crippen molar-refractivity contribution in [3.63, 3.8) is 0 Å². The van der Waals surface area contributed by atoms with Gasteiger partial charge in [-0.15, -0.1) is 0 Å². The second kappa shape index (κ2) is 6.20. The normalized spacial score (nSPS) is 12.3. The fourth-order valence-electron chi connectivity index (χ4n) is 2.62. The number of aromatic nitrogens is 2. The summed E-state index contributed by atoms with van der Waals surface area (Å²) in [7, 11) is 0. The highest BCUT2D eigenvalue weighted by Gasteiger charge is 2.11. The number of halogens is 1. The van der Waals surface area contributed by atoms with Gasteiger partial charge < -0.3 is 5.21 Å². The fraction of sp³-hybridized carbons (Fsp3) is 0.222. The van der Waals surface area contributed by atoms with Gasteiger partial charge in [0.25, 0.3) is 0 Å². The molecular weight excluding hydrogens is 293 g/mol. The molecule has 0 saturated heterocycles. The zero-order chi connectivity index (χ0) is 16.4. The molecule has 0 aliphatic rings. The number of hydrogen-bond acceptors (Lipinski definition) is 3. The summed E-state index contributed by atoms with van der Waals surface area (Å²) < 4.78 is 15.0. The van der Waals surface area contributed by atoms with Gasteiger partial charge in [0.1, 0.15) is 11.5 Å². The third-order valence-corrected chi connectivity index (χ3v) is 3.67. The van der Waals surface area contributed by atoms with E-state index in [4.69, 9.17) is 0 Å². The molecule has 5 heteroatoms. The van der Waals surface area contributed by atoms with Crippen LogP contribution in [-0.2, 0) is 6.54 Å². The third-order valence-electron chi connectivity index (χ3n) is 3.67. The number of fused-ring (bicyclic) bond motifs is 1. The summed E-state index contributed by atoms with van der Waals surface area (Å²) in [6.07, 6.45) is 1.81. The number of rotatable bonds is 4. The van der Waals surface area contributed by atoms with E-state index in [1.54, 1.807) is 18.3 Å².